The van der Waals surface area contributed by atoms with E-state index in [4.69, 9.17) is 15.3 Å². The van der Waals surface area contributed by atoms with Crippen molar-refractivity contribution < 1.29 is 34.5 Å². The van der Waals surface area contributed by atoms with Crippen LogP contribution in [0.4, 0.5) is 4.79 Å². The second-order valence-electron chi connectivity index (χ2n) is 3.49. The van der Waals surface area contributed by atoms with Crippen LogP contribution in [0.3, 0.4) is 0 Å². The minimum Gasteiger partial charge on any atom is -0.481 e. The highest BCUT2D eigenvalue weighted by Crippen LogP contribution is 1.98. The van der Waals surface area contributed by atoms with Crippen LogP contribution in [0.1, 0.15) is 12.8 Å². The molecule has 9 nitrogen and oxygen atoms in total. The summed E-state index contributed by atoms with van der Waals surface area (Å²) in [4.78, 5) is 43.0. The molecule has 0 aliphatic rings. The normalized spacial score (nSPS) is 12.8. The van der Waals surface area contributed by atoms with Crippen LogP contribution in [0.15, 0.2) is 12.7 Å². The van der Waals surface area contributed by atoms with Crippen molar-refractivity contribution >= 4 is 23.9 Å². The van der Waals surface area contributed by atoms with E-state index in [0.717, 1.165) is 6.08 Å². The molecule has 106 valence electrons. The van der Waals surface area contributed by atoms with Gasteiger partial charge in [-0.2, -0.15) is 0 Å². The second-order valence-corrected chi connectivity index (χ2v) is 3.49. The van der Waals surface area contributed by atoms with Gasteiger partial charge < -0.3 is 26.0 Å². The molecular formula is C10H14N2O7. The van der Waals surface area contributed by atoms with Crippen LogP contribution >= 0.6 is 0 Å². The number of amides is 2. The summed E-state index contributed by atoms with van der Waals surface area (Å²) in [6.45, 7) is 3.19. The largest absolute Gasteiger partial charge is 0.481 e. The summed E-state index contributed by atoms with van der Waals surface area (Å²) < 4.78 is 0. The molecule has 0 spiro atoms. The molecule has 2 atom stereocenters. The molecule has 0 aromatic rings. The molecule has 0 aliphatic heterocycles. The van der Waals surface area contributed by atoms with Gasteiger partial charge >= 0.3 is 23.9 Å². The summed E-state index contributed by atoms with van der Waals surface area (Å²) in [6.07, 6.45) is 0.194. The first kappa shape index (κ1) is 16.4. The maximum atomic E-state index is 11.3. The fourth-order valence-electron chi connectivity index (χ4n) is 1.09. The third-order valence-corrected chi connectivity index (χ3v) is 2.04. The van der Waals surface area contributed by atoms with Crippen LogP contribution < -0.4 is 10.6 Å². The van der Waals surface area contributed by atoms with Gasteiger partial charge in [0.25, 0.3) is 0 Å². The summed E-state index contributed by atoms with van der Waals surface area (Å²) in [5.74, 6) is -3.98. The number of carbonyl (C=O) groups is 4. The number of carbonyl (C=O) groups excluding carboxylic acids is 1. The third-order valence-electron chi connectivity index (χ3n) is 2.04. The first-order valence-electron chi connectivity index (χ1n) is 5.15. The fourth-order valence-corrected chi connectivity index (χ4v) is 1.09. The molecule has 5 N–H and O–H groups in total. The van der Waals surface area contributed by atoms with E-state index in [0.29, 0.717) is 0 Å². The Labute approximate surface area is 107 Å². The highest BCUT2D eigenvalue weighted by molar-refractivity contribution is 5.87. The van der Waals surface area contributed by atoms with Gasteiger partial charge in [0.2, 0.25) is 0 Å². The van der Waals surface area contributed by atoms with Crippen molar-refractivity contribution in [2.75, 3.05) is 0 Å². The summed E-state index contributed by atoms with van der Waals surface area (Å²) >= 11 is 0. The van der Waals surface area contributed by atoms with Gasteiger partial charge in [0.15, 0.2) is 0 Å². The summed E-state index contributed by atoms with van der Waals surface area (Å²) in [7, 11) is 0. The number of hydrogen-bond acceptors (Lipinski definition) is 4. The first-order chi connectivity index (χ1) is 8.77. The Hall–Kier alpha value is -2.58. The molecule has 19 heavy (non-hydrogen) atoms. The van der Waals surface area contributed by atoms with Crippen LogP contribution in [0.25, 0.3) is 0 Å². The summed E-state index contributed by atoms with van der Waals surface area (Å²) in [5, 5.41) is 29.7. The zero-order chi connectivity index (χ0) is 15.0. The van der Waals surface area contributed by atoms with Gasteiger partial charge in [-0.1, -0.05) is 6.08 Å². The molecule has 0 heterocycles. The average Bonchev–Trinajstić information content (AvgIpc) is 2.30. The average molecular weight is 274 g/mol. The van der Waals surface area contributed by atoms with Gasteiger partial charge in [0.05, 0.1) is 0 Å². The predicted octanol–water partition coefficient (Wildman–Crippen LogP) is -0.757. The zero-order valence-corrected chi connectivity index (χ0v) is 9.83. The number of hydrogen-bond donors (Lipinski definition) is 5. The lowest BCUT2D eigenvalue weighted by atomic mass is 10.1. The minimum absolute atomic E-state index is 0.316. The van der Waals surface area contributed by atoms with Crippen molar-refractivity contribution in [3.05, 3.63) is 12.7 Å². The van der Waals surface area contributed by atoms with Crippen molar-refractivity contribution in [3.8, 4) is 0 Å². The van der Waals surface area contributed by atoms with E-state index in [9.17, 15) is 19.2 Å². The van der Waals surface area contributed by atoms with Gasteiger partial charge in [0, 0.05) is 6.42 Å². The van der Waals surface area contributed by atoms with Gasteiger partial charge in [0.1, 0.15) is 12.1 Å². The maximum absolute atomic E-state index is 11.3. The Morgan fingerprint density at radius 3 is 2.00 bits per heavy atom. The smallest absolute Gasteiger partial charge is 0.330 e. The highest BCUT2D eigenvalue weighted by atomic mass is 16.4. The molecule has 0 unspecified atom stereocenters. The quantitative estimate of drug-likeness (QED) is 0.365. The lowest BCUT2D eigenvalue weighted by Crippen LogP contribution is -2.50. The van der Waals surface area contributed by atoms with Crippen molar-refractivity contribution in [3.63, 3.8) is 0 Å². The van der Waals surface area contributed by atoms with Crippen LogP contribution in [0.2, 0.25) is 0 Å². The lowest BCUT2D eigenvalue weighted by molar-refractivity contribution is -0.140. The van der Waals surface area contributed by atoms with Gasteiger partial charge in [-0.15, -0.1) is 6.58 Å². The second kappa shape index (κ2) is 7.69. The lowest BCUT2D eigenvalue weighted by Gasteiger charge is -2.16. The Balaban J connectivity index is 4.46. The van der Waals surface area contributed by atoms with Crippen LogP contribution in [-0.4, -0.2) is 51.3 Å². The van der Waals surface area contributed by atoms with E-state index in [1.165, 1.54) is 0 Å². The highest BCUT2D eigenvalue weighted by Gasteiger charge is 2.23. The summed E-state index contributed by atoms with van der Waals surface area (Å²) in [5.41, 5.74) is 0. The molecule has 0 radical (unpaired) electrons. The predicted molar refractivity (Wildman–Crippen MR) is 61.6 cm³/mol. The SMILES string of the molecule is C=C[C@H](NC(=O)N[C@@H](CCC(=O)O)C(=O)O)C(=O)O. The molecule has 0 aromatic carbocycles. The van der Waals surface area contributed by atoms with Crippen LogP contribution in [0.5, 0.6) is 0 Å². The van der Waals surface area contributed by atoms with E-state index in [1.54, 1.807) is 0 Å². The van der Waals surface area contributed by atoms with Gasteiger partial charge in [-0.05, 0) is 6.42 Å². The third kappa shape index (κ3) is 6.66. The Morgan fingerprint density at radius 2 is 1.63 bits per heavy atom. The monoisotopic (exact) mass is 274 g/mol. The standard InChI is InChI=1S/C10H14N2O7/c1-2-5(8(15)16)11-10(19)12-6(9(17)18)3-4-7(13)14/h2,5-6H,1,3-4H2,(H,13,14)(H,15,16)(H,17,18)(H2,11,12,19)/t5-,6-/m0/s1. The zero-order valence-electron chi connectivity index (χ0n) is 9.83. The minimum atomic E-state index is -1.42. The van der Waals surface area contributed by atoms with Crippen molar-refractivity contribution in [2.24, 2.45) is 0 Å². The molecule has 0 saturated carbocycles. The number of rotatable bonds is 8. The molecule has 0 aromatic heterocycles. The molecule has 9 heteroatoms. The number of carboxylic acid groups (broad SMARTS) is 3. The van der Waals surface area contributed by atoms with E-state index >= 15 is 0 Å². The fraction of sp³-hybridized carbons (Fsp3) is 0.400. The topological polar surface area (TPSA) is 153 Å². The van der Waals surface area contributed by atoms with Crippen molar-refractivity contribution in [2.45, 2.75) is 24.9 Å². The van der Waals surface area contributed by atoms with Crippen molar-refractivity contribution in [1.29, 1.82) is 0 Å². The Morgan fingerprint density at radius 1 is 1.05 bits per heavy atom. The molecule has 0 bridgehead atoms. The van der Waals surface area contributed by atoms with Crippen LogP contribution in [-0.2, 0) is 14.4 Å². The molecule has 2 amide bonds. The number of nitrogens with one attached hydrogen (secondary N) is 2. The van der Waals surface area contributed by atoms with Crippen LogP contribution in [0, 0.1) is 0 Å². The number of aliphatic carboxylic acids is 3. The Kier molecular flexibility index (Phi) is 6.65. The maximum Gasteiger partial charge on any atom is 0.330 e. The Bertz CT molecular complexity index is 393. The molecule has 0 saturated heterocycles. The van der Waals surface area contributed by atoms with E-state index < -0.39 is 42.4 Å². The van der Waals surface area contributed by atoms with Crippen molar-refractivity contribution in [1.82, 2.24) is 10.6 Å². The molecule has 0 fully saturated rings. The number of carboxylic acids is 3. The molecule has 0 aliphatic carbocycles. The van der Waals surface area contributed by atoms with Gasteiger partial charge in [-0.3, -0.25) is 4.79 Å². The molecular weight excluding hydrogens is 260 g/mol. The van der Waals surface area contributed by atoms with E-state index in [1.807, 2.05) is 10.6 Å². The van der Waals surface area contributed by atoms with Gasteiger partial charge in [-0.25, -0.2) is 14.4 Å². The first-order valence-corrected chi connectivity index (χ1v) is 5.15. The molecule has 0 rings (SSSR count). The summed E-state index contributed by atoms with van der Waals surface area (Å²) in [6, 6.07) is -3.82. The van der Waals surface area contributed by atoms with E-state index in [2.05, 4.69) is 6.58 Å². The number of urea groups is 1. The van der Waals surface area contributed by atoms with E-state index in [-0.39, 0.29) is 6.42 Å².